The molecule has 0 spiro atoms. The second kappa shape index (κ2) is 8.61. The van der Waals surface area contributed by atoms with Gasteiger partial charge in [0.1, 0.15) is 5.01 Å². The fraction of sp³-hybridized carbons (Fsp3) is 0.200. The molecule has 0 saturated carbocycles. The van der Waals surface area contributed by atoms with E-state index in [1.54, 1.807) is 17.5 Å². The van der Waals surface area contributed by atoms with Crippen molar-refractivity contribution in [3.63, 3.8) is 0 Å². The summed E-state index contributed by atoms with van der Waals surface area (Å²) in [6.45, 7) is 2.78. The number of nitrogens with two attached hydrogens (primary N) is 1. The van der Waals surface area contributed by atoms with E-state index >= 15 is 0 Å². The van der Waals surface area contributed by atoms with Gasteiger partial charge in [-0.1, -0.05) is 12.1 Å². The predicted molar refractivity (Wildman–Crippen MR) is 125 cm³/mol. The molecule has 0 bridgehead atoms. The lowest BCUT2D eigenvalue weighted by Gasteiger charge is -2.14. The summed E-state index contributed by atoms with van der Waals surface area (Å²) in [6.07, 6.45) is 2.75. The van der Waals surface area contributed by atoms with Crippen LogP contribution >= 0.6 is 11.3 Å². The summed E-state index contributed by atoms with van der Waals surface area (Å²) in [5.74, 6) is -0.309. The Balaban J connectivity index is 1.27. The predicted octanol–water partition coefficient (Wildman–Crippen LogP) is 3.10. The molecule has 7 heteroatoms. The van der Waals surface area contributed by atoms with Gasteiger partial charge in [0.25, 0.3) is 5.91 Å². The average Bonchev–Trinajstić information content (AvgIpc) is 3.34. The summed E-state index contributed by atoms with van der Waals surface area (Å²) in [4.78, 5) is 35.8. The number of benzene rings is 2. The van der Waals surface area contributed by atoms with Crippen LogP contribution in [0.3, 0.4) is 0 Å². The highest BCUT2D eigenvalue weighted by atomic mass is 32.1. The third-order valence-electron chi connectivity index (χ3n) is 5.68. The van der Waals surface area contributed by atoms with E-state index in [4.69, 9.17) is 4.98 Å². The maximum atomic E-state index is 12.9. The lowest BCUT2D eigenvalue weighted by molar-refractivity contribution is -0.674. The monoisotopic (exact) mass is 443 g/mol. The van der Waals surface area contributed by atoms with Crippen LogP contribution in [-0.2, 0) is 16.0 Å². The molecule has 0 aliphatic carbocycles. The third kappa shape index (κ3) is 4.04. The molecule has 2 aromatic carbocycles. The van der Waals surface area contributed by atoms with Crippen molar-refractivity contribution in [2.75, 3.05) is 11.4 Å². The number of hydrogen-bond acceptors (Lipinski definition) is 5. The molecule has 1 fully saturated rings. The number of anilines is 1. The van der Waals surface area contributed by atoms with Crippen LogP contribution in [0.1, 0.15) is 17.7 Å². The van der Waals surface area contributed by atoms with Crippen molar-refractivity contribution < 1.29 is 14.9 Å². The molecule has 32 heavy (non-hydrogen) atoms. The number of thiazole rings is 1. The van der Waals surface area contributed by atoms with Crippen molar-refractivity contribution in [2.24, 2.45) is 0 Å². The molecule has 1 aliphatic heterocycles. The Morgan fingerprint density at radius 3 is 2.72 bits per heavy atom. The third-order valence-corrected chi connectivity index (χ3v) is 6.74. The SMILES string of the molecule is Cc1ccc2nc(-c3ccc(N4C(=O)C[C@H]([NH2+]CCc5ccccn5)C4=O)cc3)sc2c1. The lowest BCUT2D eigenvalue weighted by Crippen LogP contribution is -2.92. The molecule has 1 aliphatic rings. The Hall–Kier alpha value is -3.42. The van der Waals surface area contributed by atoms with E-state index in [2.05, 4.69) is 24.0 Å². The molecule has 2 amide bonds. The molecule has 1 atom stereocenters. The summed E-state index contributed by atoms with van der Waals surface area (Å²) in [5.41, 5.74) is 4.76. The summed E-state index contributed by atoms with van der Waals surface area (Å²) < 4.78 is 1.15. The first-order chi connectivity index (χ1) is 15.6. The van der Waals surface area contributed by atoms with E-state index in [-0.39, 0.29) is 24.3 Å². The van der Waals surface area contributed by atoms with Crippen LogP contribution in [-0.4, -0.2) is 34.4 Å². The number of hydrogen-bond donors (Lipinski definition) is 1. The minimum absolute atomic E-state index is 0.153. The normalized spacial score (nSPS) is 16.3. The molecule has 0 unspecified atom stereocenters. The number of aromatic nitrogens is 2. The minimum Gasteiger partial charge on any atom is -0.335 e. The molecule has 6 nitrogen and oxygen atoms in total. The van der Waals surface area contributed by atoms with Gasteiger partial charge in [-0.3, -0.25) is 14.6 Å². The number of carbonyl (C=O) groups excluding carboxylic acids is 2. The van der Waals surface area contributed by atoms with Crippen LogP contribution in [0.4, 0.5) is 5.69 Å². The van der Waals surface area contributed by atoms with Gasteiger partial charge >= 0.3 is 0 Å². The zero-order valence-electron chi connectivity index (χ0n) is 17.7. The van der Waals surface area contributed by atoms with Crippen molar-refractivity contribution in [1.82, 2.24) is 9.97 Å². The fourth-order valence-electron chi connectivity index (χ4n) is 4.00. The molecule has 2 N–H and O–H groups in total. The zero-order chi connectivity index (χ0) is 22.1. The number of quaternary nitrogens is 1. The van der Waals surface area contributed by atoms with Gasteiger partial charge in [0.05, 0.1) is 28.9 Å². The number of pyridine rings is 1. The molecule has 3 heterocycles. The van der Waals surface area contributed by atoms with Crippen LogP contribution < -0.4 is 10.2 Å². The van der Waals surface area contributed by atoms with E-state index in [9.17, 15) is 9.59 Å². The van der Waals surface area contributed by atoms with Crippen molar-refractivity contribution in [3.05, 3.63) is 78.1 Å². The van der Waals surface area contributed by atoms with Gasteiger partial charge < -0.3 is 5.32 Å². The second-order valence-corrected chi connectivity index (χ2v) is 9.04. The van der Waals surface area contributed by atoms with Crippen molar-refractivity contribution >= 4 is 39.1 Å². The maximum absolute atomic E-state index is 12.9. The number of nitrogens with zero attached hydrogens (tertiary/aromatic N) is 3. The summed E-state index contributed by atoms with van der Waals surface area (Å²) in [5, 5.41) is 2.88. The summed E-state index contributed by atoms with van der Waals surface area (Å²) in [6, 6.07) is 19.2. The average molecular weight is 444 g/mol. The maximum Gasteiger partial charge on any atom is 0.292 e. The molecule has 0 radical (unpaired) electrons. The fourth-order valence-corrected chi connectivity index (χ4v) is 5.07. The van der Waals surface area contributed by atoms with Gasteiger partial charge in [0.2, 0.25) is 5.91 Å². The smallest absolute Gasteiger partial charge is 0.292 e. The number of carbonyl (C=O) groups is 2. The van der Waals surface area contributed by atoms with E-state index < -0.39 is 0 Å². The zero-order valence-corrected chi connectivity index (χ0v) is 18.5. The largest absolute Gasteiger partial charge is 0.335 e. The van der Waals surface area contributed by atoms with Crippen molar-refractivity contribution in [2.45, 2.75) is 25.8 Å². The first kappa shape index (κ1) is 20.5. The van der Waals surface area contributed by atoms with Gasteiger partial charge in [-0.05, 0) is 61.0 Å². The number of fused-ring (bicyclic) bond motifs is 1. The Bertz CT molecular complexity index is 1280. The Morgan fingerprint density at radius 1 is 1.09 bits per heavy atom. The van der Waals surface area contributed by atoms with Gasteiger partial charge in [-0.25, -0.2) is 9.88 Å². The number of aryl methyl sites for hydroxylation is 1. The Kier molecular flexibility index (Phi) is 5.51. The van der Waals surface area contributed by atoms with Gasteiger partial charge in [0.15, 0.2) is 6.04 Å². The molecule has 1 saturated heterocycles. The van der Waals surface area contributed by atoms with Gasteiger partial charge in [0, 0.05) is 23.9 Å². The number of rotatable bonds is 6. The van der Waals surface area contributed by atoms with Gasteiger partial charge in [-0.2, -0.15) is 0 Å². The topological polar surface area (TPSA) is 79.8 Å². The summed E-state index contributed by atoms with van der Waals surface area (Å²) >= 11 is 1.64. The summed E-state index contributed by atoms with van der Waals surface area (Å²) in [7, 11) is 0. The highest BCUT2D eigenvalue weighted by Gasteiger charge is 2.42. The van der Waals surface area contributed by atoms with E-state index in [1.165, 1.54) is 10.5 Å². The number of amides is 2. The van der Waals surface area contributed by atoms with E-state index in [0.717, 1.165) is 32.9 Å². The molecular weight excluding hydrogens is 420 g/mol. The van der Waals surface area contributed by atoms with Crippen molar-refractivity contribution in [1.29, 1.82) is 0 Å². The molecule has 2 aromatic heterocycles. The van der Waals surface area contributed by atoms with Gasteiger partial charge in [-0.15, -0.1) is 11.3 Å². The standard InChI is InChI=1S/C25H22N4O2S/c1-16-5-10-20-22(14-16)32-24(28-20)17-6-8-19(9-7-17)29-23(30)15-21(25(29)31)27-13-11-18-4-2-3-12-26-18/h2-10,12,14,21,27H,11,13,15H2,1H3/p+1/t21-/m0/s1. The Morgan fingerprint density at radius 2 is 1.94 bits per heavy atom. The first-order valence-corrected chi connectivity index (χ1v) is 11.5. The Labute approximate surface area is 189 Å². The van der Waals surface area contributed by atoms with Crippen LogP contribution in [0.15, 0.2) is 66.9 Å². The minimum atomic E-state index is -0.376. The number of imide groups is 1. The second-order valence-electron chi connectivity index (χ2n) is 8.01. The van der Waals surface area contributed by atoms with E-state index in [0.29, 0.717) is 12.2 Å². The molecule has 5 rings (SSSR count). The molecule has 160 valence electrons. The van der Waals surface area contributed by atoms with Crippen LogP contribution in [0.5, 0.6) is 0 Å². The molecule has 4 aromatic rings. The highest BCUT2D eigenvalue weighted by Crippen LogP contribution is 2.32. The van der Waals surface area contributed by atoms with Crippen LogP contribution in [0.2, 0.25) is 0 Å². The van der Waals surface area contributed by atoms with E-state index in [1.807, 2.05) is 53.8 Å². The first-order valence-electron chi connectivity index (χ1n) is 10.7. The van der Waals surface area contributed by atoms with Crippen LogP contribution in [0, 0.1) is 6.92 Å². The highest BCUT2D eigenvalue weighted by molar-refractivity contribution is 7.21. The van der Waals surface area contributed by atoms with Crippen LogP contribution in [0.25, 0.3) is 20.8 Å². The lowest BCUT2D eigenvalue weighted by atomic mass is 10.2. The molecular formula is C25H23N4O2S+. The van der Waals surface area contributed by atoms with Crippen molar-refractivity contribution in [3.8, 4) is 10.6 Å². The quantitative estimate of drug-likeness (QED) is 0.465.